The van der Waals surface area contributed by atoms with Crippen LogP contribution in [0.25, 0.3) is 5.65 Å². The van der Waals surface area contributed by atoms with Gasteiger partial charge in [-0.15, -0.1) is 0 Å². The van der Waals surface area contributed by atoms with Gasteiger partial charge in [-0.25, -0.2) is 18.3 Å². The molecule has 0 radical (unpaired) electrons. The van der Waals surface area contributed by atoms with Crippen molar-refractivity contribution < 1.29 is 44.7 Å². The Balaban J connectivity index is 1.41. The van der Waals surface area contributed by atoms with E-state index in [1.165, 1.54) is 39.9 Å². The maximum absolute atomic E-state index is 14.0. The van der Waals surface area contributed by atoms with Gasteiger partial charge in [0.05, 0.1) is 30.2 Å². The monoisotopic (exact) mass is 663 g/mol. The van der Waals surface area contributed by atoms with Gasteiger partial charge >= 0.3 is 12.4 Å². The summed E-state index contributed by atoms with van der Waals surface area (Å²) in [4.78, 5) is 30.4. The van der Waals surface area contributed by atoms with E-state index in [-0.39, 0.29) is 49.0 Å². The van der Waals surface area contributed by atoms with Gasteiger partial charge in [-0.05, 0) is 69.1 Å². The Morgan fingerprint density at radius 3 is 2.17 bits per heavy atom. The van der Waals surface area contributed by atoms with Gasteiger partial charge in [-0.3, -0.25) is 14.3 Å². The van der Waals surface area contributed by atoms with E-state index in [2.05, 4.69) is 25.8 Å². The molecule has 0 spiro atoms. The van der Waals surface area contributed by atoms with E-state index < -0.39 is 60.4 Å². The summed E-state index contributed by atoms with van der Waals surface area (Å²) in [7, 11) is 0. The highest BCUT2D eigenvalue weighted by Crippen LogP contribution is 2.44. The maximum Gasteiger partial charge on any atom is 0.400 e. The number of carbonyl (C=O) groups is 2. The van der Waals surface area contributed by atoms with Crippen molar-refractivity contribution in [3.05, 3.63) is 47.7 Å². The van der Waals surface area contributed by atoms with E-state index in [0.717, 1.165) is 0 Å². The van der Waals surface area contributed by atoms with Crippen LogP contribution < -0.4 is 10.6 Å². The molecule has 2 saturated carbocycles. The minimum atomic E-state index is -5.65. The molecule has 2 aliphatic rings. The Kier molecular flexibility index (Phi) is 9.07. The van der Waals surface area contributed by atoms with E-state index >= 15 is 0 Å². The third-order valence-corrected chi connectivity index (χ3v) is 8.54. The molecule has 5 rings (SSSR count). The molecule has 252 valence electrons. The van der Waals surface area contributed by atoms with E-state index in [4.69, 9.17) is 0 Å². The topological polar surface area (TPSA) is 106 Å². The largest absolute Gasteiger partial charge is 0.400 e. The molecule has 46 heavy (non-hydrogen) atoms. The summed E-state index contributed by atoms with van der Waals surface area (Å²) in [5.74, 6) is -9.12. The number of hydrogen-bond donors (Lipinski definition) is 2. The molecule has 2 N–H and O–H groups in total. The van der Waals surface area contributed by atoms with Gasteiger partial charge < -0.3 is 10.6 Å². The van der Waals surface area contributed by atoms with E-state index in [1.54, 1.807) is 0 Å². The lowest BCUT2D eigenvalue weighted by Gasteiger charge is -2.33. The summed E-state index contributed by atoms with van der Waals surface area (Å²) < 4.78 is 109. The molecule has 3 aromatic heterocycles. The fourth-order valence-corrected chi connectivity index (χ4v) is 5.92. The summed E-state index contributed by atoms with van der Waals surface area (Å²) in [5.41, 5.74) is 1.15. The van der Waals surface area contributed by atoms with Crippen LogP contribution in [-0.4, -0.2) is 54.5 Å². The lowest BCUT2D eigenvalue weighted by Crippen LogP contribution is -2.41. The number of alkyl halides is 8. The van der Waals surface area contributed by atoms with E-state index in [0.29, 0.717) is 24.1 Å². The smallest absolute Gasteiger partial charge is 0.349 e. The highest BCUT2D eigenvalue weighted by molar-refractivity contribution is 5.92. The summed E-state index contributed by atoms with van der Waals surface area (Å²) in [5, 5.41) is 13.7. The molecule has 0 aromatic carbocycles. The Morgan fingerprint density at radius 2 is 1.59 bits per heavy atom. The molecular formula is C29H33F8N7O2. The number of hydrogen-bond acceptors (Lipinski definition) is 5. The van der Waals surface area contributed by atoms with Crippen LogP contribution in [0, 0.1) is 17.8 Å². The van der Waals surface area contributed by atoms with Gasteiger partial charge in [0.25, 0.3) is 5.91 Å². The third kappa shape index (κ3) is 7.60. The van der Waals surface area contributed by atoms with Crippen LogP contribution in [-0.2, 0) is 4.79 Å². The number of nitrogens with one attached hydrogen (secondary N) is 2. The lowest BCUT2D eigenvalue weighted by molar-refractivity contribution is -0.284. The van der Waals surface area contributed by atoms with Crippen molar-refractivity contribution in [2.24, 2.45) is 17.8 Å². The van der Waals surface area contributed by atoms with Crippen LogP contribution >= 0.6 is 0 Å². The average molecular weight is 664 g/mol. The molecular weight excluding hydrogens is 630 g/mol. The molecule has 2 aliphatic carbocycles. The second kappa shape index (κ2) is 12.4. The number of amides is 2. The first kappa shape index (κ1) is 33.6. The Morgan fingerprint density at radius 1 is 0.957 bits per heavy atom. The summed E-state index contributed by atoms with van der Waals surface area (Å²) in [6.07, 6.45) is -8.09. The predicted molar refractivity (Wildman–Crippen MR) is 147 cm³/mol. The SMILES string of the molecule is CC(C)n1nccc1C(=O)N[C@H](c1cn2ncc([C@H](NC(=O)CC(C(F)(F)F)C(F)(F)F)C3CC3)cc2n1)C1CCC(F)(F)CC1. The van der Waals surface area contributed by atoms with E-state index in [1.807, 2.05) is 13.8 Å². The van der Waals surface area contributed by atoms with Crippen molar-refractivity contribution in [2.75, 3.05) is 0 Å². The third-order valence-electron chi connectivity index (χ3n) is 8.54. The van der Waals surface area contributed by atoms with Crippen LogP contribution in [0.3, 0.4) is 0 Å². The number of imidazole rings is 1. The predicted octanol–water partition coefficient (Wildman–Crippen LogP) is 6.50. The first-order valence-corrected chi connectivity index (χ1v) is 14.9. The molecule has 0 saturated heterocycles. The minimum Gasteiger partial charge on any atom is -0.349 e. The zero-order chi connectivity index (χ0) is 33.6. The molecule has 2 amide bonds. The number of aromatic nitrogens is 5. The molecule has 2 fully saturated rings. The fourth-order valence-electron chi connectivity index (χ4n) is 5.92. The minimum absolute atomic E-state index is 0.112. The molecule has 9 nitrogen and oxygen atoms in total. The summed E-state index contributed by atoms with van der Waals surface area (Å²) in [6.45, 7) is 3.69. The first-order valence-electron chi connectivity index (χ1n) is 14.9. The first-order chi connectivity index (χ1) is 21.4. The number of halogens is 8. The van der Waals surface area contributed by atoms with E-state index in [9.17, 15) is 44.7 Å². The maximum atomic E-state index is 14.0. The quantitative estimate of drug-likeness (QED) is 0.241. The second-order valence-corrected chi connectivity index (χ2v) is 12.4. The van der Waals surface area contributed by atoms with Crippen molar-refractivity contribution in [1.82, 2.24) is 35.0 Å². The molecule has 0 unspecified atom stereocenters. The van der Waals surface area contributed by atoms with Gasteiger partial charge in [0.15, 0.2) is 11.6 Å². The van der Waals surface area contributed by atoms with Gasteiger partial charge in [0, 0.05) is 31.5 Å². The zero-order valence-electron chi connectivity index (χ0n) is 24.9. The highest BCUT2D eigenvalue weighted by atomic mass is 19.4. The van der Waals surface area contributed by atoms with Gasteiger partial charge in [0.1, 0.15) is 5.69 Å². The standard InChI is InChI=1S/C29H33F8N7O2/c1-15(2)44-20(7-10-38-44)26(46)42-25(17-5-8-27(30,31)9-6-17)19-14-43-22(40-19)11-18(13-39-43)24(16-3-4-16)41-23(45)12-21(28(32,33)34)29(35,36)37/h7,10-11,13-17,21,24-25H,3-6,8-9,12H2,1-2H3,(H,41,45)(H,42,46)/t24-,25+/m1/s1. The zero-order valence-corrected chi connectivity index (χ0v) is 24.9. The van der Waals surface area contributed by atoms with Crippen molar-refractivity contribution in [3.8, 4) is 0 Å². The van der Waals surface area contributed by atoms with Crippen LogP contribution in [0.2, 0.25) is 0 Å². The van der Waals surface area contributed by atoms with Crippen molar-refractivity contribution in [2.45, 2.75) is 95.2 Å². The second-order valence-electron chi connectivity index (χ2n) is 12.4. The number of fused-ring (bicyclic) bond motifs is 1. The van der Waals surface area contributed by atoms with Crippen LogP contribution in [0.5, 0.6) is 0 Å². The Bertz CT molecular complexity index is 1540. The molecule has 0 aliphatic heterocycles. The van der Waals surface area contributed by atoms with Crippen molar-refractivity contribution in [1.29, 1.82) is 0 Å². The fraction of sp³-hybridized carbons (Fsp3) is 0.621. The molecule has 17 heteroatoms. The molecule has 2 atom stereocenters. The lowest BCUT2D eigenvalue weighted by atomic mass is 9.81. The normalized spacial score (nSPS) is 19.0. The Labute approximate surface area is 258 Å². The van der Waals surface area contributed by atoms with Crippen molar-refractivity contribution >= 4 is 17.5 Å². The molecule has 3 aromatic rings. The molecule has 3 heterocycles. The highest BCUT2D eigenvalue weighted by Gasteiger charge is 2.57. The Hall–Kier alpha value is -3.79. The van der Waals surface area contributed by atoms with Crippen LogP contribution in [0.1, 0.15) is 98.7 Å². The average Bonchev–Trinajstić information content (AvgIpc) is 3.50. The van der Waals surface area contributed by atoms with Crippen LogP contribution in [0.4, 0.5) is 35.1 Å². The number of rotatable bonds is 10. The van der Waals surface area contributed by atoms with Gasteiger partial charge in [-0.2, -0.15) is 36.5 Å². The molecule has 0 bridgehead atoms. The summed E-state index contributed by atoms with van der Waals surface area (Å²) >= 11 is 0. The number of carbonyl (C=O) groups excluding carboxylic acids is 2. The van der Waals surface area contributed by atoms with Crippen LogP contribution in [0.15, 0.2) is 30.7 Å². The summed E-state index contributed by atoms with van der Waals surface area (Å²) in [6, 6.07) is 1.22. The van der Waals surface area contributed by atoms with Crippen molar-refractivity contribution in [3.63, 3.8) is 0 Å². The van der Waals surface area contributed by atoms with Gasteiger partial charge in [-0.1, -0.05) is 0 Å². The van der Waals surface area contributed by atoms with Gasteiger partial charge in [0.2, 0.25) is 11.8 Å². The number of nitrogens with zero attached hydrogens (tertiary/aromatic N) is 5.